The number of hydrogen-bond donors (Lipinski definition) is 1. The average molecular weight is 241 g/mol. The summed E-state index contributed by atoms with van der Waals surface area (Å²) in [5.41, 5.74) is 6.58. The van der Waals surface area contributed by atoms with Gasteiger partial charge >= 0.3 is 0 Å². The molecule has 1 aromatic heterocycles. The van der Waals surface area contributed by atoms with Crippen molar-refractivity contribution in [2.45, 2.75) is 19.8 Å². The molecule has 0 spiro atoms. The number of piperidine rings is 1. The predicted octanol–water partition coefficient (Wildman–Crippen LogP) is 1.61. The van der Waals surface area contributed by atoms with Crippen LogP contribution in [0.3, 0.4) is 0 Å². The molecule has 5 heteroatoms. The quantitative estimate of drug-likeness (QED) is 0.799. The van der Waals surface area contributed by atoms with Gasteiger partial charge in [-0.15, -0.1) is 0 Å². The van der Waals surface area contributed by atoms with E-state index in [2.05, 4.69) is 14.9 Å². The fourth-order valence-corrected chi connectivity index (χ4v) is 2.30. The van der Waals surface area contributed by atoms with Gasteiger partial charge in [-0.2, -0.15) is 0 Å². The molecule has 0 saturated carbocycles. The molecular weight excluding hydrogens is 224 g/mol. The first-order chi connectivity index (χ1) is 7.69. The molecule has 0 aromatic carbocycles. The normalized spacial score (nSPS) is 17.8. The molecule has 1 aromatic rings. The molecule has 88 valence electrons. The smallest absolute Gasteiger partial charge is 0.224 e. The zero-order chi connectivity index (χ0) is 11.5. The molecule has 0 bridgehead atoms. The third-order valence-corrected chi connectivity index (χ3v) is 3.25. The number of anilines is 1. The van der Waals surface area contributed by atoms with E-state index in [1.54, 1.807) is 0 Å². The van der Waals surface area contributed by atoms with Crippen LogP contribution in [0.25, 0.3) is 0 Å². The van der Waals surface area contributed by atoms with E-state index >= 15 is 0 Å². The van der Waals surface area contributed by atoms with E-state index in [1.807, 2.05) is 13.0 Å². The third-order valence-electron chi connectivity index (χ3n) is 3.09. The topological polar surface area (TPSA) is 55.0 Å². The molecule has 1 aliphatic rings. The van der Waals surface area contributed by atoms with E-state index in [4.69, 9.17) is 17.3 Å². The molecule has 0 unspecified atom stereocenters. The Morgan fingerprint density at radius 1 is 1.44 bits per heavy atom. The summed E-state index contributed by atoms with van der Waals surface area (Å²) in [6.07, 6.45) is 2.27. The number of nitrogens with two attached hydrogens (primary N) is 1. The molecule has 2 heterocycles. The molecule has 0 radical (unpaired) electrons. The maximum atomic E-state index is 5.86. The van der Waals surface area contributed by atoms with Crippen molar-refractivity contribution in [3.8, 4) is 0 Å². The van der Waals surface area contributed by atoms with Crippen molar-refractivity contribution < 1.29 is 0 Å². The molecule has 1 aliphatic heterocycles. The Bertz CT molecular complexity index is 341. The fourth-order valence-electron chi connectivity index (χ4n) is 2.08. The summed E-state index contributed by atoms with van der Waals surface area (Å²) in [6, 6.07) is 1.98. The molecule has 0 atom stereocenters. The van der Waals surface area contributed by atoms with Crippen molar-refractivity contribution in [1.29, 1.82) is 0 Å². The minimum absolute atomic E-state index is 0.330. The molecule has 16 heavy (non-hydrogen) atoms. The van der Waals surface area contributed by atoms with Gasteiger partial charge in [0.1, 0.15) is 5.82 Å². The Morgan fingerprint density at radius 3 is 2.69 bits per heavy atom. The van der Waals surface area contributed by atoms with Gasteiger partial charge in [0.25, 0.3) is 0 Å². The van der Waals surface area contributed by atoms with Crippen LogP contribution in [0.15, 0.2) is 6.07 Å². The Labute approximate surface area is 101 Å². The van der Waals surface area contributed by atoms with Crippen LogP contribution in [0, 0.1) is 12.8 Å². The predicted molar refractivity (Wildman–Crippen MR) is 65.8 cm³/mol. The maximum absolute atomic E-state index is 5.86. The summed E-state index contributed by atoms with van der Waals surface area (Å²) in [5, 5.41) is 0.330. The standard InChI is InChI=1S/C11H17ClN4/c1-8-6-10(15-11(12)14-8)16-4-2-9(7-13)3-5-16/h6,9H,2-5,7,13H2,1H3. The summed E-state index contributed by atoms with van der Waals surface area (Å²) >= 11 is 5.86. The number of halogens is 1. The van der Waals surface area contributed by atoms with Crippen molar-refractivity contribution in [3.05, 3.63) is 17.0 Å². The van der Waals surface area contributed by atoms with Gasteiger partial charge in [0.15, 0.2) is 0 Å². The second kappa shape index (κ2) is 4.97. The number of nitrogens with zero attached hydrogens (tertiary/aromatic N) is 3. The second-order valence-electron chi connectivity index (χ2n) is 4.30. The largest absolute Gasteiger partial charge is 0.356 e. The van der Waals surface area contributed by atoms with Crippen LogP contribution in [0.5, 0.6) is 0 Å². The highest BCUT2D eigenvalue weighted by atomic mass is 35.5. The summed E-state index contributed by atoms with van der Waals surface area (Å²) < 4.78 is 0. The van der Waals surface area contributed by atoms with Gasteiger partial charge in [-0.3, -0.25) is 0 Å². The van der Waals surface area contributed by atoms with E-state index < -0.39 is 0 Å². The fraction of sp³-hybridized carbons (Fsp3) is 0.636. The summed E-state index contributed by atoms with van der Waals surface area (Å²) in [6.45, 7) is 4.74. The summed E-state index contributed by atoms with van der Waals surface area (Å²) in [5.74, 6) is 1.60. The first-order valence-electron chi connectivity index (χ1n) is 5.65. The van der Waals surface area contributed by atoms with Gasteiger partial charge in [0, 0.05) is 24.8 Å². The minimum Gasteiger partial charge on any atom is -0.356 e. The van der Waals surface area contributed by atoms with Crippen LogP contribution in [-0.4, -0.2) is 29.6 Å². The summed E-state index contributed by atoms with van der Waals surface area (Å²) in [7, 11) is 0. The van der Waals surface area contributed by atoms with Crippen molar-refractivity contribution in [2.24, 2.45) is 11.7 Å². The van der Waals surface area contributed by atoms with Gasteiger partial charge in [-0.1, -0.05) is 0 Å². The van der Waals surface area contributed by atoms with Crippen LogP contribution in [-0.2, 0) is 0 Å². The van der Waals surface area contributed by atoms with Crippen molar-refractivity contribution in [1.82, 2.24) is 9.97 Å². The Morgan fingerprint density at radius 2 is 2.12 bits per heavy atom. The Balaban J connectivity index is 2.08. The van der Waals surface area contributed by atoms with Gasteiger partial charge < -0.3 is 10.6 Å². The molecular formula is C11H17ClN4. The van der Waals surface area contributed by atoms with Crippen molar-refractivity contribution in [3.63, 3.8) is 0 Å². The zero-order valence-electron chi connectivity index (χ0n) is 9.49. The van der Waals surface area contributed by atoms with Gasteiger partial charge in [0.05, 0.1) is 0 Å². The molecule has 2 N–H and O–H groups in total. The van der Waals surface area contributed by atoms with E-state index in [0.29, 0.717) is 11.2 Å². The van der Waals surface area contributed by atoms with E-state index in [9.17, 15) is 0 Å². The Kier molecular flexibility index (Phi) is 3.61. The van der Waals surface area contributed by atoms with Crippen molar-refractivity contribution >= 4 is 17.4 Å². The number of aryl methyl sites for hydroxylation is 1. The highest BCUT2D eigenvalue weighted by Crippen LogP contribution is 2.22. The van der Waals surface area contributed by atoms with E-state index in [0.717, 1.165) is 44.0 Å². The average Bonchev–Trinajstić information content (AvgIpc) is 2.28. The minimum atomic E-state index is 0.330. The van der Waals surface area contributed by atoms with Crippen LogP contribution in [0.2, 0.25) is 5.28 Å². The van der Waals surface area contributed by atoms with E-state index in [-0.39, 0.29) is 0 Å². The van der Waals surface area contributed by atoms with Crippen molar-refractivity contribution in [2.75, 3.05) is 24.5 Å². The number of aromatic nitrogens is 2. The first-order valence-corrected chi connectivity index (χ1v) is 6.03. The lowest BCUT2D eigenvalue weighted by Crippen LogP contribution is -2.36. The van der Waals surface area contributed by atoms with E-state index in [1.165, 1.54) is 0 Å². The van der Waals surface area contributed by atoms with Gasteiger partial charge in [0.2, 0.25) is 5.28 Å². The maximum Gasteiger partial charge on any atom is 0.224 e. The molecule has 2 rings (SSSR count). The molecule has 1 saturated heterocycles. The number of rotatable bonds is 2. The monoisotopic (exact) mass is 240 g/mol. The van der Waals surface area contributed by atoms with Crippen LogP contribution in [0.1, 0.15) is 18.5 Å². The third kappa shape index (κ3) is 2.62. The zero-order valence-corrected chi connectivity index (χ0v) is 10.2. The van der Waals surface area contributed by atoms with Crippen LogP contribution in [0.4, 0.5) is 5.82 Å². The highest BCUT2D eigenvalue weighted by Gasteiger charge is 2.19. The lowest BCUT2D eigenvalue weighted by Gasteiger charge is -2.32. The lowest BCUT2D eigenvalue weighted by atomic mass is 9.97. The Hall–Kier alpha value is -0.870. The SMILES string of the molecule is Cc1cc(N2CCC(CN)CC2)nc(Cl)n1. The van der Waals surface area contributed by atoms with Crippen LogP contribution >= 0.6 is 11.6 Å². The molecule has 1 fully saturated rings. The molecule has 0 aliphatic carbocycles. The first kappa shape index (κ1) is 11.6. The van der Waals surface area contributed by atoms with Gasteiger partial charge in [-0.05, 0) is 43.8 Å². The number of hydrogen-bond acceptors (Lipinski definition) is 4. The molecule has 0 amide bonds. The van der Waals surface area contributed by atoms with Crippen LogP contribution < -0.4 is 10.6 Å². The summed E-state index contributed by atoms with van der Waals surface area (Å²) in [4.78, 5) is 10.6. The van der Waals surface area contributed by atoms with Gasteiger partial charge in [-0.25, -0.2) is 9.97 Å². The molecule has 4 nitrogen and oxygen atoms in total. The second-order valence-corrected chi connectivity index (χ2v) is 4.64. The lowest BCUT2D eigenvalue weighted by molar-refractivity contribution is 0.413. The highest BCUT2D eigenvalue weighted by molar-refractivity contribution is 6.28.